The predicted molar refractivity (Wildman–Crippen MR) is 168 cm³/mol. The molecule has 42 heavy (non-hydrogen) atoms. The number of halogens is 1. The van der Waals surface area contributed by atoms with Gasteiger partial charge in [0.1, 0.15) is 11.7 Å². The van der Waals surface area contributed by atoms with Crippen molar-refractivity contribution in [2.75, 3.05) is 5.75 Å². The molecule has 0 radical (unpaired) electrons. The lowest BCUT2D eigenvalue weighted by molar-refractivity contribution is -0.134. The second-order valence-corrected chi connectivity index (χ2v) is 11.7. The first-order valence-corrected chi connectivity index (χ1v) is 15.8. The summed E-state index contributed by atoms with van der Waals surface area (Å²) in [6.07, 6.45) is 10.9. The number of carbonyl (C=O) groups excluding carboxylic acids is 4. The van der Waals surface area contributed by atoms with Crippen LogP contribution in [-0.2, 0) is 9.59 Å². The molecule has 1 atom stereocenters. The third kappa shape index (κ3) is 8.85. The van der Waals surface area contributed by atoms with Crippen LogP contribution in [0.3, 0.4) is 0 Å². The van der Waals surface area contributed by atoms with Gasteiger partial charge in [0.05, 0.1) is 0 Å². The van der Waals surface area contributed by atoms with Crippen LogP contribution in [0, 0.1) is 0 Å². The van der Waals surface area contributed by atoms with E-state index in [2.05, 4.69) is 28.6 Å². The van der Waals surface area contributed by atoms with Crippen LogP contribution in [0.4, 0.5) is 4.79 Å². The largest absolute Gasteiger partial charge is 0.338 e. The van der Waals surface area contributed by atoms with E-state index in [9.17, 15) is 19.2 Å². The SMILES string of the molecule is O=C(NC(CS)C(=O)N(C(=O)NC1CCCCC1)C1CCCCC1)/C(=C\c1ccc(Cl)cc1)NC(=O)c1ccccc1. The van der Waals surface area contributed by atoms with Crippen LogP contribution in [0.15, 0.2) is 60.3 Å². The summed E-state index contributed by atoms with van der Waals surface area (Å²) in [4.78, 5) is 55.4. The standard InChI is InChI=1S/C32H39ClN4O4S/c33-24-18-16-22(17-19-24)20-27(35-29(38)23-10-4-1-5-11-23)30(39)36-28(21-42)31(40)37(26-14-8-3-9-15-26)32(41)34-25-12-6-2-7-13-25/h1,4-5,10-11,16-20,25-26,28,42H,2-3,6-9,12-15,21H2,(H,34,41)(H,35,38)(H,36,39)/b27-20+. The number of urea groups is 1. The minimum absolute atomic E-state index is 0.0225. The number of hydrogen-bond acceptors (Lipinski definition) is 5. The van der Waals surface area contributed by atoms with Gasteiger partial charge < -0.3 is 16.0 Å². The molecule has 224 valence electrons. The third-order valence-electron chi connectivity index (χ3n) is 7.82. The Bertz CT molecular complexity index is 1260. The second-order valence-electron chi connectivity index (χ2n) is 10.9. The summed E-state index contributed by atoms with van der Waals surface area (Å²) in [6.45, 7) is 0. The normalized spacial score (nSPS) is 17.1. The summed E-state index contributed by atoms with van der Waals surface area (Å²) < 4.78 is 0. The monoisotopic (exact) mass is 610 g/mol. The van der Waals surface area contributed by atoms with Gasteiger partial charge in [-0.2, -0.15) is 12.6 Å². The molecular formula is C32H39ClN4O4S. The molecule has 0 aliphatic heterocycles. The van der Waals surface area contributed by atoms with Gasteiger partial charge in [-0.05, 0) is 61.6 Å². The van der Waals surface area contributed by atoms with Gasteiger partial charge in [-0.1, -0.05) is 80.5 Å². The van der Waals surface area contributed by atoms with Crippen LogP contribution in [0.2, 0.25) is 5.02 Å². The zero-order valence-electron chi connectivity index (χ0n) is 23.7. The predicted octanol–water partition coefficient (Wildman–Crippen LogP) is 5.73. The van der Waals surface area contributed by atoms with E-state index in [0.29, 0.717) is 16.1 Å². The Kier molecular flexibility index (Phi) is 11.9. The molecule has 2 aliphatic carbocycles. The van der Waals surface area contributed by atoms with Gasteiger partial charge >= 0.3 is 6.03 Å². The fraction of sp³-hybridized carbons (Fsp3) is 0.438. The van der Waals surface area contributed by atoms with Gasteiger partial charge in [0, 0.05) is 28.4 Å². The average molecular weight is 611 g/mol. The molecule has 0 spiro atoms. The Hall–Kier alpha value is -3.30. The van der Waals surface area contributed by atoms with Gasteiger partial charge in [0.25, 0.3) is 17.7 Å². The molecule has 2 aromatic carbocycles. The van der Waals surface area contributed by atoms with E-state index in [1.54, 1.807) is 54.6 Å². The molecule has 2 aliphatic rings. The van der Waals surface area contributed by atoms with E-state index < -0.39 is 29.8 Å². The number of hydrogen-bond donors (Lipinski definition) is 4. The van der Waals surface area contributed by atoms with Crippen molar-refractivity contribution >= 4 is 54.1 Å². The highest BCUT2D eigenvalue weighted by Crippen LogP contribution is 2.25. The van der Waals surface area contributed by atoms with E-state index in [4.69, 9.17) is 11.6 Å². The molecule has 0 aromatic heterocycles. The minimum atomic E-state index is -1.08. The van der Waals surface area contributed by atoms with Gasteiger partial charge in [-0.25, -0.2) is 4.79 Å². The first-order chi connectivity index (χ1) is 20.4. The van der Waals surface area contributed by atoms with Gasteiger partial charge in [-0.3, -0.25) is 19.3 Å². The molecule has 10 heteroatoms. The maximum Gasteiger partial charge on any atom is 0.324 e. The number of rotatable bonds is 9. The van der Waals surface area contributed by atoms with E-state index >= 15 is 0 Å². The van der Waals surface area contributed by atoms with E-state index in [1.807, 2.05) is 0 Å². The summed E-state index contributed by atoms with van der Waals surface area (Å²) in [5.41, 5.74) is 0.945. The highest BCUT2D eigenvalue weighted by Gasteiger charge is 2.36. The maximum absolute atomic E-state index is 13.9. The summed E-state index contributed by atoms with van der Waals surface area (Å²) in [7, 11) is 0. The number of carbonyl (C=O) groups is 4. The molecule has 1 unspecified atom stereocenters. The molecule has 0 heterocycles. The zero-order valence-corrected chi connectivity index (χ0v) is 25.3. The van der Waals surface area contributed by atoms with Crippen LogP contribution in [0.5, 0.6) is 0 Å². The lowest BCUT2D eigenvalue weighted by atomic mass is 9.93. The highest BCUT2D eigenvalue weighted by atomic mass is 35.5. The minimum Gasteiger partial charge on any atom is -0.338 e. The molecule has 2 fully saturated rings. The highest BCUT2D eigenvalue weighted by molar-refractivity contribution is 7.80. The van der Waals surface area contributed by atoms with Gasteiger partial charge in [0.15, 0.2) is 0 Å². The molecular weight excluding hydrogens is 572 g/mol. The van der Waals surface area contributed by atoms with Crippen LogP contribution >= 0.6 is 24.2 Å². The van der Waals surface area contributed by atoms with Crippen molar-refractivity contribution in [3.05, 3.63) is 76.4 Å². The summed E-state index contributed by atoms with van der Waals surface area (Å²) >= 11 is 10.4. The van der Waals surface area contributed by atoms with E-state index in [1.165, 1.54) is 11.0 Å². The van der Waals surface area contributed by atoms with Crippen molar-refractivity contribution in [2.45, 2.75) is 82.3 Å². The fourth-order valence-electron chi connectivity index (χ4n) is 5.53. The molecule has 2 aromatic rings. The maximum atomic E-state index is 13.9. The van der Waals surface area contributed by atoms with Crippen molar-refractivity contribution in [1.82, 2.24) is 20.9 Å². The molecule has 3 N–H and O–H groups in total. The quantitative estimate of drug-likeness (QED) is 0.215. The summed E-state index contributed by atoms with van der Waals surface area (Å²) in [6, 6.07) is 13.6. The second kappa shape index (κ2) is 15.8. The number of thiol groups is 1. The van der Waals surface area contributed by atoms with Crippen molar-refractivity contribution in [3.63, 3.8) is 0 Å². The number of imide groups is 1. The summed E-state index contributed by atoms with van der Waals surface area (Å²) in [5, 5.41) is 9.03. The van der Waals surface area contributed by atoms with Crippen molar-refractivity contribution in [3.8, 4) is 0 Å². The number of nitrogens with one attached hydrogen (secondary N) is 3. The molecule has 5 amide bonds. The summed E-state index contributed by atoms with van der Waals surface area (Å²) in [5.74, 6) is -1.67. The molecule has 0 bridgehead atoms. The Balaban J connectivity index is 1.55. The van der Waals surface area contributed by atoms with Crippen molar-refractivity contribution < 1.29 is 19.2 Å². The lowest BCUT2D eigenvalue weighted by Crippen LogP contribution is -2.59. The molecule has 8 nitrogen and oxygen atoms in total. The molecule has 0 saturated heterocycles. The number of nitrogens with zero attached hydrogens (tertiary/aromatic N) is 1. The smallest absolute Gasteiger partial charge is 0.324 e. The van der Waals surface area contributed by atoms with Crippen molar-refractivity contribution in [1.29, 1.82) is 0 Å². The third-order valence-corrected chi connectivity index (χ3v) is 8.44. The Morgan fingerprint density at radius 1 is 0.881 bits per heavy atom. The topological polar surface area (TPSA) is 108 Å². The van der Waals surface area contributed by atoms with E-state index in [0.717, 1.165) is 64.2 Å². The van der Waals surface area contributed by atoms with Gasteiger partial charge in [-0.15, -0.1) is 0 Å². The lowest BCUT2D eigenvalue weighted by Gasteiger charge is -2.36. The fourth-order valence-corrected chi connectivity index (χ4v) is 5.91. The van der Waals surface area contributed by atoms with Crippen LogP contribution in [0.25, 0.3) is 6.08 Å². The van der Waals surface area contributed by atoms with Gasteiger partial charge in [0.2, 0.25) is 0 Å². The molecule has 4 rings (SSSR count). The molecule has 2 saturated carbocycles. The van der Waals surface area contributed by atoms with Crippen LogP contribution in [0.1, 0.15) is 80.1 Å². The zero-order chi connectivity index (χ0) is 29.9. The average Bonchev–Trinajstić information content (AvgIpc) is 3.02. The van der Waals surface area contributed by atoms with Crippen LogP contribution in [-0.4, -0.2) is 52.5 Å². The van der Waals surface area contributed by atoms with Crippen molar-refractivity contribution in [2.24, 2.45) is 0 Å². The Labute approximate surface area is 258 Å². The van der Waals surface area contributed by atoms with Crippen LogP contribution < -0.4 is 16.0 Å². The Morgan fingerprint density at radius 3 is 2.12 bits per heavy atom. The first-order valence-electron chi connectivity index (χ1n) is 14.7. The Morgan fingerprint density at radius 2 is 1.50 bits per heavy atom. The first kappa shape index (κ1) is 31.6. The van der Waals surface area contributed by atoms with E-state index in [-0.39, 0.29) is 23.5 Å². The number of amides is 5. The number of benzene rings is 2.